The van der Waals surface area contributed by atoms with E-state index in [1.807, 2.05) is 13.0 Å². The molecule has 0 atom stereocenters. The Kier molecular flexibility index (Phi) is 5.95. The minimum absolute atomic E-state index is 0.185. The molecule has 0 unspecified atom stereocenters. The molecule has 1 aromatic carbocycles. The minimum Gasteiger partial charge on any atom is -0.481 e. The van der Waals surface area contributed by atoms with Crippen LogP contribution in [0.5, 0.6) is 0 Å². The quantitative estimate of drug-likeness (QED) is 0.358. The SMILES string of the molecule is CC#CC(=O)N(c1ccc2c(n1)c(=O)n([C@H]1C[C@@H](C(=O)O)C1)n2C)c1cc(C)c(I)cc1C1CC1. The predicted molar refractivity (Wildman–Crippen MR) is 141 cm³/mol. The second-order valence-corrected chi connectivity index (χ2v) is 10.5. The fourth-order valence-corrected chi connectivity index (χ4v) is 5.33. The number of rotatable bonds is 5. The summed E-state index contributed by atoms with van der Waals surface area (Å²) in [6.07, 6.45) is 2.97. The molecule has 2 fully saturated rings. The van der Waals surface area contributed by atoms with E-state index in [-0.39, 0.29) is 17.1 Å². The largest absolute Gasteiger partial charge is 0.481 e. The number of carboxylic acids is 1. The first-order valence-electron chi connectivity index (χ1n) is 11.6. The van der Waals surface area contributed by atoms with Crippen molar-refractivity contribution in [2.75, 3.05) is 4.90 Å². The zero-order chi connectivity index (χ0) is 25.0. The van der Waals surface area contributed by atoms with Gasteiger partial charge in [-0.15, -0.1) is 0 Å². The van der Waals surface area contributed by atoms with Crippen LogP contribution in [0.2, 0.25) is 0 Å². The number of anilines is 2. The molecular weight excluding hydrogens is 559 g/mol. The standard InChI is InChI=1S/C26H25IN4O4/c1-4-5-23(32)30(21-10-14(2)19(27)13-18(21)15-6-7-15)22-9-8-20-24(28-22)25(33)31(29(20)3)17-11-16(12-17)26(34)35/h8-10,13,15-17H,6-7,11-12H2,1-3H3,(H,34,35)/t16-,17+. The first kappa shape index (κ1) is 23.6. The molecule has 0 saturated heterocycles. The van der Waals surface area contributed by atoms with Gasteiger partial charge < -0.3 is 5.11 Å². The lowest BCUT2D eigenvalue weighted by Gasteiger charge is -2.33. The molecule has 180 valence electrons. The number of pyridine rings is 1. The van der Waals surface area contributed by atoms with E-state index in [2.05, 4.69) is 45.5 Å². The third kappa shape index (κ3) is 4.03. The van der Waals surface area contributed by atoms with Gasteiger partial charge in [0.2, 0.25) is 0 Å². The van der Waals surface area contributed by atoms with Gasteiger partial charge in [0.25, 0.3) is 5.56 Å². The summed E-state index contributed by atoms with van der Waals surface area (Å²) in [5, 5.41) is 9.22. The summed E-state index contributed by atoms with van der Waals surface area (Å²) in [5.41, 5.74) is 3.49. The summed E-state index contributed by atoms with van der Waals surface area (Å²) in [5.74, 6) is 4.41. The van der Waals surface area contributed by atoms with Crippen LogP contribution in [-0.4, -0.2) is 31.3 Å². The van der Waals surface area contributed by atoms with Gasteiger partial charge in [-0.25, -0.2) is 9.67 Å². The fourth-order valence-electron chi connectivity index (χ4n) is 4.84. The van der Waals surface area contributed by atoms with E-state index in [1.165, 1.54) is 4.90 Å². The van der Waals surface area contributed by atoms with Crippen molar-refractivity contribution in [3.63, 3.8) is 0 Å². The highest BCUT2D eigenvalue weighted by Gasteiger charge is 2.38. The number of hydrogen-bond acceptors (Lipinski definition) is 4. The highest BCUT2D eigenvalue weighted by Crippen LogP contribution is 2.47. The molecule has 35 heavy (non-hydrogen) atoms. The number of carbonyl (C=O) groups is 2. The van der Waals surface area contributed by atoms with Gasteiger partial charge in [0.1, 0.15) is 5.82 Å². The molecule has 2 aromatic heterocycles. The molecule has 0 radical (unpaired) electrons. The van der Waals surface area contributed by atoms with Crippen molar-refractivity contribution in [1.29, 1.82) is 0 Å². The number of halogens is 1. The molecule has 2 aliphatic carbocycles. The average Bonchev–Trinajstić information content (AvgIpc) is 3.59. The maximum atomic E-state index is 13.4. The Morgan fingerprint density at radius 2 is 1.94 bits per heavy atom. The van der Waals surface area contributed by atoms with Crippen LogP contribution in [0.1, 0.15) is 55.7 Å². The normalized spacial score (nSPS) is 19.1. The number of carbonyl (C=O) groups excluding carboxylic acids is 1. The van der Waals surface area contributed by atoms with E-state index < -0.39 is 17.8 Å². The van der Waals surface area contributed by atoms with Crippen molar-refractivity contribution in [1.82, 2.24) is 14.3 Å². The Morgan fingerprint density at radius 3 is 2.57 bits per heavy atom. The molecule has 2 heterocycles. The van der Waals surface area contributed by atoms with E-state index in [0.29, 0.717) is 30.1 Å². The highest BCUT2D eigenvalue weighted by molar-refractivity contribution is 14.1. The summed E-state index contributed by atoms with van der Waals surface area (Å²) in [4.78, 5) is 44.0. The Bertz CT molecular complexity index is 1500. The van der Waals surface area contributed by atoms with E-state index in [0.717, 1.165) is 33.2 Å². The number of aliphatic carboxylic acids is 1. The topological polar surface area (TPSA) is 97.4 Å². The van der Waals surface area contributed by atoms with Gasteiger partial charge in [0, 0.05) is 10.6 Å². The zero-order valence-electron chi connectivity index (χ0n) is 19.7. The molecule has 1 amide bonds. The van der Waals surface area contributed by atoms with E-state index in [1.54, 1.807) is 35.5 Å². The second-order valence-electron chi connectivity index (χ2n) is 9.32. The molecule has 0 spiro atoms. The van der Waals surface area contributed by atoms with E-state index >= 15 is 0 Å². The lowest BCUT2D eigenvalue weighted by atomic mass is 9.80. The molecule has 3 aromatic rings. The van der Waals surface area contributed by atoms with Gasteiger partial charge in [-0.05, 0) is 109 Å². The molecule has 9 heteroatoms. The molecule has 0 bridgehead atoms. The van der Waals surface area contributed by atoms with Crippen molar-refractivity contribution in [3.8, 4) is 11.8 Å². The summed E-state index contributed by atoms with van der Waals surface area (Å²) in [6.45, 7) is 3.62. The van der Waals surface area contributed by atoms with Crippen LogP contribution in [0.25, 0.3) is 11.0 Å². The molecule has 2 aliphatic rings. The summed E-state index contributed by atoms with van der Waals surface area (Å²) in [7, 11) is 1.78. The molecular formula is C26H25IN4O4. The summed E-state index contributed by atoms with van der Waals surface area (Å²) < 4.78 is 4.46. The molecule has 8 nitrogen and oxygen atoms in total. The van der Waals surface area contributed by atoms with Crippen LogP contribution in [0.3, 0.4) is 0 Å². The monoisotopic (exact) mass is 584 g/mol. The van der Waals surface area contributed by atoms with Crippen molar-refractivity contribution in [2.45, 2.75) is 51.5 Å². The summed E-state index contributed by atoms with van der Waals surface area (Å²) >= 11 is 2.31. The van der Waals surface area contributed by atoms with Crippen LogP contribution >= 0.6 is 22.6 Å². The maximum Gasteiger partial charge on any atom is 0.308 e. The first-order valence-corrected chi connectivity index (χ1v) is 12.7. The van der Waals surface area contributed by atoms with Crippen LogP contribution in [0.4, 0.5) is 11.5 Å². The third-order valence-electron chi connectivity index (χ3n) is 6.98. The second kappa shape index (κ2) is 8.82. The van der Waals surface area contributed by atoms with Gasteiger partial charge in [-0.2, -0.15) is 0 Å². The number of carboxylic acid groups (broad SMARTS) is 1. The van der Waals surface area contributed by atoms with Crippen molar-refractivity contribution >= 4 is 57.0 Å². The Hall–Kier alpha value is -3.13. The first-order chi connectivity index (χ1) is 16.7. The van der Waals surface area contributed by atoms with E-state index in [9.17, 15) is 19.5 Å². The van der Waals surface area contributed by atoms with Gasteiger partial charge in [0.05, 0.1) is 23.2 Å². The highest BCUT2D eigenvalue weighted by atomic mass is 127. The predicted octanol–water partition coefficient (Wildman–Crippen LogP) is 4.25. The zero-order valence-corrected chi connectivity index (χ0v) is 21.9. The lowest BCUT2D eigenvalue weighted by molar-refractivity contribution is -0.146. The van der Waals surface area contributed by atoms with Gasteiger partial charge in [0.15, 0.2) is 5.52 Å². The van der Waals surface area contributed by atoms with Gasteiger partial charge in [-0.1, -0.05) is 5.92 Å². The van der Waals surface area contributed by atoms with Crippen molar-refractivity contribution in [3.05, 3.63) is 49.3 Å². The van der Waals surface area contributed by atoms with Crippen LogP contribution in [0, 0.1) is 28.3 Å². The summed E-state index contributed by atoms with van der Waals surface area (Å²) in [6, 6.07) is 7.48. The molecule has 5 rings (SSSR count). The smallest absolute Gasteiger partial charge is 0.308 e. The number of fused-ring (bicyclic) bond motifs is 1. The average molecular weight is 584 g/mol. The Balaban J connectivity index is 1.64. The lowest BCUT2D eigenvalue weighted by Crippen LogP contribution is -2.38. The Morgan fingerprint density at radius 1 is 1.23 bits per heavy atom. The van der Waals surface area contributed by atoms with Crippen molar-refractivity contribution < 1.29 is 14.7 Å². The van der Waals surface area contributed by atoms with Crippen molar-refractivity contribution in [2.24, 2.45) is 13.0 Å². The number of hydrogen-bond donors (Lipinski definition) is 1. The molecule has 2 saturated carbocycles. The fraction of sp³-hybridized carbons (Fsp3) is 0.385. The molecule has 0 aliphatic heterocycles. The van der Waals surface area contributed by atoms with Crippen LogP contribution in [0.15, 0.2) is 29.1 Å². The Labute approximate surface area is 216 Å². The van der Waals surface area contributed by atoms with Gasteiger partial charge >= 0.3 is 11.9 Å². The minimum atomic E-state index is -0.834. The maximum absolute atomic E-state index is 13.4. The number of aryl methyl sites for hydroxylation is 2. The number of benzene rings is 1. The number of nitrogens with zero attached hydrogens (tertiary/aromatic N) is 4. The van der Waals surface area contributed by atoms with Gasteiger partial charge in [-0.3, -0.25) is 24.0 Å². The number of aromatic nitrogens is 3. The van der Waals surface area contributed by atoms with E-state index in [4.69, 9.17) is 0 Å². The van der Waals surface area contributed by atoms with Crippen LogP contribution in [-0.2, 0) is 16.6 Å². The number of amides is 1. The van der Waals surface area contributed by atoms with Crippen LogP contribution < -0.4 is 10.5 Å². The molecule has 1 N–H and O–H groups in total. The third-order valence-corrected chi connectivity index (χ3v) is 8.14.